The van der Waals surface area contributed by atoms with Gasteiger partial charge >= 0.3 is 0 Å². The summed E-state index contributed by atoms with van der Waals surface area (Å²) >= 11 is 0. The smallest absolute Gasteiger partial charge is 0.251 e. The largest absolute Gasteiger partial charge is 0.349 e. The molecule has 1 fully saturated rings. The van der Waals surface area contributed by atoms with Crippen molar-refractivity contribution < 1.29 is 9.59 Å². The van der Waals surface area contributed by atoms with E-state index < -0.39 is 5.54 Å². The van der Waals surface area contributed by atoms with Gasteiger partial charge in [-0.05, 0) is 37.1 Å². The predicted molar refractivity (Wildman–Crippen MR) is 81.0 cm³/mol. The number of carbonyl (C=O) groups excluding carboxylic acids is 2. The lowest BCUT2D eigenvalue weighted by molar-refractivity contribution is -0.118. The van der Waals surface area contributed by atoms with Gasteiger partial charge in [0.15, 0.2) is 0 Å². The van der Waals surface area contributed by atoms with Crippen molar-refractivity contribution in [2.75, 3.05) is 11.9 Å². The molecule has 0 unspecified atom stereocenters. The van der Waals surface area contributed by atoms with Gasteiger partial charge in [-0.3, -0.25) is 9.59 Å². The molecule has 1 aromatic carbocycles. The summed E-state index contributed by atoms with van der Waals surface area (Å²) in [6.45, 7) is 3.95. The van der Waals surface area contributed by atoms with Gasteiger partial charge in [0.05, 0.1) is 5.54 Å². The van der Waals surface area contributed by atoms with Gasteiger partial charge in [0.1, 0.15) is 0 Å². The molecule has 5 nitrogen and oxygen atoms in total. The molecule has 108 valence electrons. The third-order valence-electron chi connectivity index (χ3n) is 3.05. The van der Waals surface area contributed by atoms with E-state index >= 15 is 0 Å². The van der Waals surface area contributed by atoms with E-state index in [0.29, 0.717) is 17.8 Å². The number of benzene rings is 1. The highest BCUT2D eigenvalue weighted by molar-refractivity contribution is 6.00. The molecule has 4 N–H and O–H groups in total. The third kappa shape index (κ3) is 3.82. The minimum atomic E-state index is -0.694. The Labute approximate surface area is 124 Å². The van der Waals surface area contributed by atoms with Crippen LogP contribution in [0.25, 0.3) is 0 Å². The van der Waals surface area contributed by atoms with Crippen molar-refractivity contribution in [3.05, 3.63) is 42.5 Å². The van der Waals surface area contributed by atoms with Crippen LogP contribution in [0, 0.1) is 0 Å². The molecule has 0 atom stereocenters. The van der Waals surface area contributed by atoms with Gasteiger partial charge in [-0.15, -0.1) is 19.0 Å². The molecule has 6 heteroatoms. The Kier molecular flexibility index (Phi) is 5.30. The lowest BCUT2D eigenvalue weighted by atomic mass is 10.2. The molecule has 1 aromatic rings. The van der Waals surface area contributed by atoms with Crippen molar-refractivity contribution >= 4 is 29.9 Å². The first-order valence-corrected chi connectivity index (χ1v) is 6.15. The first-order valence-electron chi connectivity index (χ1n) is 6.15. The SMILES string of the molecule is C=CCNC(=O)c1ccc(NC(=O)C2(N)CC2)cc1.Cl. The Balaban J connectivity index is 0.00000200. The number of amides is 2. The van der Waals surface area contributed by atoms with E-state index in [9.17, 15) is 9.59 Å². The van der Waals surface area contributed by atoms with Crippen LogP contribution < -0.4 is 16.4 Å². The Morgan fingerprint density at radius 1 is 1.30 bits per heavy atom. The predicted octanol–water partition coefficient (Wildman–Crippen LogP) is 1.45. The highest BCUT2D eigenvalue weighted by Crippen LogP contribution is 2.33. The number of nitrogens with two attached hydrogens (primary N) is 1. The highest BCUT2D eigenvalue weighted by Gasteiger charge is 2.45. The van der Waals surface area contributed by atoms with Crippen LogP contribution in [0.5, 0.6) is 0 Å². The first kappa shape index (κ1) is 16.2. The average molecular weight is 296 g/mol. The Morgan fingerprint density at radius 3 is 2.40 bits per heavy atom. The molecule has 0 radical (unpaired) electrons. The number of carbonyl (C=O) groups is 2. The standard InChI is InChI=1S/C14H17N3O2.ClH/c1-2-9-16-12(18)10-3-5-11(6-4-10)17-13(19)14(15)7-8-14;/h2-6H,1,7-9,15H2,(H,16,18)(H,17,19);1H. The van der Waals surface area contributed by atoms with E-state index in [0.717, 1.165) is 12.8 Å². The minimum absolute atomic E-state index is 0. The summed E-state index contributed by atoms with van der Waals surface area (Å²) in [5.41, 5.74) is 6.27. The zero-order chi connectivity index (χ0) is 13.9. The third-order valence-corrected chi connectivity index (χ3v) is 3.05. The van der Waals surface area contributed by atoms with Crippen LogP contribution in [0.3, 0.4) is 0 Å². The van der Waals surface area contributed by atoms with Crippen LogP contribution in [-0.4, -0.2) is 23.9 Å². The second-order valence-corrected chi connectivity index (χ2v) is 4.69. The van der Waals surface area contributed by atoms with Crippen LogP contribution in [0.1, 0.15) is 23.2 Å². The van der Waals surface area contributed by atoms with Crippen molar-refractivity contribution in [1.29, 1.82) is 0 Å². The van der Waals surface area contributed by atoms with Crippen molar-refractivity contribution in [3.63, 3.8) is 0 Å². The lowest BCUT2D eigenvalue weighted by Gasteiger charge is -2.10. The van der Waals surface area contributed by atoms with Gasteiger partial charge in [0.25, 0.3) is 5.91 Å². The number of rotatable bonds is 5. The molecular weight excluding hydrogens is 278 g/mol. The fraction of sp³-hybridized carbons (Fsp3) is 0.286. The van der Waals surface area contributed by atoms with Gasteiger partial charge in [0, 0.05) is 17.8 Å². The summed E-state index contributed by atoms with van der Waals surface area (Å²) in [5.74, 6) is -0.341. The molecule has 20 heavy (non-hydrogen) atoms. The summed E-state index contributed by atoms with van der Waals surface area (Å²) in [6.07, 6.45) is 3.06. The van der Waals surface area contributed by atoms with E-state index in [1.54, 1.807) is 30.3 Å². The molecule has 0 bridgehead atoms. The topological polar surface area (TPSA) is 84.2 Å². The molecule has 0 aliphatic heterocycles. The van der Waals surface area contributed by atoms with E-state index in [1.165, 1.54) is 0 Å². The Morgan fingerprint density at radius 2 is 1.90 bits per heavy atom. The van der Waals surface area contributed by atoms with E-state index in [1.807, 2.05) is 0 Å². The second-order valence-electron chi connectivity index (χ2n) is 4.69. The van der Waals surface area contributed by atoms with Gasteiger partial charge in [-0.1, -0.05) is 6.08 Å². The summed E-state index contributed by atoms with van der Waals surface area (Å²) < 4.78 is 0. The molecule has 1 saturated carbocycles. The number of halogens is 1. The second kappa shape index (κ2) is 6.54. The van der Waals surface area contributed by atoms with Crippen molar-refractivity contribution in [2.45, 2.75) is 18.4 Å². The number of nitrogens with one attached hydrogen (secondary N) is 2. The normalized spacial score (nSPS) is 14.7. The number of anilines is 1. The van der Waals surface area contributed by atoms with Crippen molar-refractivity contribution in [1.82, 2.24) is 5.32 Å². The fourth-order valence-electron chi connectivity index (χ4n) is 1.59. The van der Waals surface area contributed by atoms with E-state index in [4.69, 9.17) is 5.73 Å². The molecular formula is C14H18ClN3O2. The Hall–Kier alpha value is -1.85. The quantitative estimate of drug-likeness (QED) is 0.719. The van der Waals surface area contributed by atoms with Gasteiger partial charge < -0.3 is 16.4 Å². The van der Waals surface area contributed by atoms with Gasteiger partial charge in [0.2, 0.25) is 5.91 Å². The monoisotopic (exact) mass is 295 g/mol. The molecule has 1 aliphatic rings. The summed E-state index contributed by atoms with van der Waals surface area (Å²) in [4.78, 5) is 23.4. The zero-order valence-corrected chi connectivity index (χ0v) is 11.8. The molecule has 0 saturated heterocycles. The Bertz CT molecular complexity index is 510. The van der Waals surface area contributed by atoms with Crippen LogP contribution in [0.4, 0.5) is 5.69 Å². The molecule has 2 rings (SSSR count). The molecule has 2 amide bonds. The van der Waals surface area contributed by atoms with Crippen LogP contribution in [0.2, 0.25) is 0 Å². The van der Waals surface area contributed by atoms with Crippen molar-refractivity contribution in [2.24, 2.45) is 5.73 Å². The number of hydrogen-bond acceptors (Lipinski definition) is 3. The summed E-state index contributed by atoms with van der Waals surface area (Å²) in [7, 11) is 0. The minimum Gasteiger partial charge on any atom is -0.349 e. The van der Waals surface area contributed by atoms with Gasteiger partial charge in [-0.25, -0.2) is 0 Å². The van der Waals surface area contributed by atoms with Crippen LogP contribution >= 0.6 is 12.4 Å². The zero-order valence-electron chi connectivity index (χ0n) is 11.0. The highest BCUT2D eigenvalue weighted by atomic mass is 35.5. The number of hydrogen-bond donors (Lipinski definition) is 3. The maximum absolute atomic E-state index is 11.7. The lowest BCUT2D eigenvalue weighted by Crippen LogP contribution is -2.37. The maximum Gasteiger partial charge on any atom is 0.251 e. The molecule has 0 heterocycles. The summed E-state index contributed by atoms with van der Waals surface area (Å²) in [5, 5.41) is 5.42. The van der Waals surface area contributed by atoms with E-state index in [2.05, 4.69) is 17.2 Å². The molecule has 1 aliphatic carbocycles. The molecule has 0 aromatic heterocycles. The molecule has 0 spiro atoms. The van der Waals surface area contributed by atoms with Gasteiger partial charge in [-0.2, -0.15) is 0 Å². The summed E-state index contributed by atoms with van der Waals surface area (Å²) in [6, 6.07) is 6.69. The van der Waals surface area contributed by atoms with Crippen LogP contribution in [-0.2, 0) is 4.79 Å². The average Bonchev–Trinajstić information content (AvgIpc) is 3.16. The van der Waals surface area contributed by atoms with E-state index in [-0.39, 0.29) is 24.2 Å². The maximum atomic E-state index is 11.7. The van der Waals surface area contributed by atoms with Crippen molar-refractivity contribution in [3.8, 4) is 0 Å². The first-order chi connectivity index (χ1) is 9.05. The fourth-order valence-corrected chi connectivity index (χ4v) is 1.59. The van der Waals surface area contributed by atoms with Crippen LogP contribution in [0.15, 0.2) is 36.9 Å².